The Labute approximate surface area is 203 Å². The standard InChI is InChI=1S/C27H25N3OS2/c1-18-6-7-23(16-26(18)32-2)27(31)30-17-24-15-22(12-13-29-24)21-5-3-4-20(14-21)19-8-10-25(33-28)11-9-19/h3-16H,17,28H2,1-2H3,(H,30,31). The molecule has 0 spiro atoms. The van der Waals surface area contributed by atoms with Crippen LogP contribution in [0, 0.1) is 6.92 Å². The molecular formula is C27H25N3OS2. The molecule has 33 heavy (non-hydrogen) atoms. The second kappa shape index (κ2) is 10.7. The van der Waals surface area contributed by atoms with Gasteiger partial charge in [0.1, 0.15) is 0 Å². The van der Waals surface area contributed by atoms with Gasteiger partial charge in [0.2, 0.25) is 0 Å². The summed E-state index contributed by atoms with van der Waals surface area (Å²) in [5.41, 5.74) is 7.08. The van der Waals surface area contributed by atoms with Crippen LogP contribution in [0.25, 0.3) is 22.3 Å². The molecule has 3 aromatic carbocycles. The predicted octanol–water partition coefficient (Wildman–Crippen LogP) is 6.34. The average molecular weight is 472 g/mol. The highest BCUT2D eigenvalue weighted by Crippen LogP contribution is 2.28. The van der Waals surface area contributed by atoms with Crippen LogP contribution in [0.5, 0.6) is 0 Å². The van der Waals surface area contributed by atoms with Crippen molar-refractivity contribution in [1.82, 2.24) is 10.3 Å². The number of carbonyl (C=O) groups excluding carboxylic acids is 1. The lowest BCUT2D eigenvalue weighted by molar-refractivity contribution is 0.0950. The van der Waals surface area contributed by atoms with E-state index in [1.165, 1.54) is 17.5 Å². The first-order valence-corrected chi connectivity index (χ1v) is 12.6. The first-order valence-electron chi connectivity index (χ1n) is 10.5. The van der Waals surface area contributed by atoms with Gasteiger partial charge in [-0.3, -0.25) is 14.9 Å². The molecule has 0 saturated carbocycles. The highest BCUT2D eigenvalue weighted by Gasteiger charge is 2.09. The fourth-order valence-electron chi connectivity index (χ4n) is 3.59. The molecule has 6 heteroatoms. The summed E-state index contributed by atoms with van der Waals surface area (Å²) >= 11 is 2.89. The Morgan fingerprint density at radius 3 is 2.36 bits per heavy atom. The number of hydrogen-bond acceptors (Lipinski definition) is 5. The quantitative estimate of drug-likeness (QED) is 0.243. The van der Waals surface area contributed by atoms with Crippen molar-refractivity contribution in [3.05, 3.63) is 102 Å². The first kappa shape index (κ1) is 23.1. The van der Waals surface area contributed by atoms with Crippen LogP contribution in [-0.4, -0.2) is 17.1 Å². The van der Waals surface area contributed by atoms with Crippen molar-refractivity contribution in [3.8, 4) is 22.3 Å². The molecule has 4 nitrogen and oxygen atoms in total. The molecule has 0 fully saturated rings. The minimum Gasteiger partial charge on any atom is -0.346 e. The highest BCUT2D eigenvalue weighted by molar-refractivity contribution is 7.98. The third-order valence-electron chi connectivity index (χ3n) is 5.44. The number of rotatable bonds is 7. The highest BCUT2D eigenvalue weighted by atomic mass is 32.2. The molecule has 1 amide bonds. The van der Waals surface area contributed by atoms with Crippen LogP contribution in [0.2, 0.25) is 0 Å². The van der Waals surface area contributed by atoms with Crippen LogP contribution in [0.1, 0.15) is 21.6 Å². The molecule has 4 rings (SSSR count). The maximum Gasteiger partial charge on any atom is 0.251 e. The molecule has 4 aromatic rings. The van der Waals surface area contributed by atoms with Gasteiger partial charge < -0.3 is 5.32 Å². The zero-order valence-corrected chi connectivity index (χ0v) is 20.2. The summed E-state index contributed by atoms with van der Waals surface area (Å²) in [7, 11) is 0. The van der Waals surface area contributed by atoms with E-state index in [0.717, 1.165) is 37.7 Å². The lowest BCUT2D eigenvalue weighted by atomic mass is 9.99. The summed E-state index contributed by atoms with van der Waals surface area (Å²) in [5.74, 6) is -0.0985. The number of aryl methyl sites for hydroxylation is 1. The van der Waals surface area contributed by atoms with E-state index in [1.807, 2.05) is 55.6 Å². The molecule has 0 bridgehead atoms. The van der Waals surface area contributed by atoms with E-state index in [1.54, 1.807) is 18.0 Å². The zero-order chi connectivity index (χ0) is 23.2. The summed E-state index contributed by atoms with van der Waals surface area (Å²) in [6.07, 6.45) is 3.80. The lowest BCUT2D eigenvalue weighted by Crippen LogP contribution is -2.23. The van der Waals surface area contributed by atoms with Crippen molar-refractivity contribution in [3.63, 3.8) is 0 Å². The van der Waals surface area contributed by atoms with Crippen molar-refractivity contribution < 1.29 is 4.79 Å². The molecule has 0 aliphatic rings. The third kappa shape index (κ3) is 5.66. The van der Waals surface area contributed by atoms with E-state index in [-0.39, 0.29) is 5.91 Å². The number of nitrogens with two attached hydrogens (primary N) is 1. The number of pyridine rings is 1. The Morgan fingerprint density at radius 2 is 1.64 bits per heavy atom. The number of carbonyl (C=O) groups is 1. The minimum absolute atomic E-state index is 0.0985. The van der Waals surface area contributed by atoms with Crippen molar-refractivity contribution in [2.75, 3.05) is 6.26 Å². The number of amides is 1. The number of nitrogens with one attached hydrogen (secondary N) is 1. The molecule has 1 aromatic heterocycles. The van der Waals surface area contributed by atoms with Crippen molar-refractivity contribution >= 4 is 29.6 Å². The summed E-state index contributed by atoms with van der Waals surface area (Å²) in [4.78, 5) is 19.2. The normalized spacial score (nSPS) is 10.8. The maximum atomic E-state index is 12.6. The van der Waals surface area contributed by atoms with E-state index < -0.39 is 0 Å². The van der Waals surface area contributed by atoms with Gasteiger partial charge in [-0.1, -0.05) is 36.4 Å². The monoisotopic (exact) mass is 471 g/mol. The second-order valence-corrected chi connectivity index (χ2v) is 9.18. The van der Waals surface area contributed by atoms with Crippen LogP contribution in [0.4, 0.5) is 0 Å². The van der Waals surface area contributed by atoms with Crippen LogP contribution in [-0.2, 0) is 6.54 Å². The summed E-state index contributed by atoms with van der Waals surface area (Å²) in [6, 6.07) is 26.4. The number of benzene rings is 3. The van der Waals surface area contributed by atoms with E-state index >= 15 is 0 Å². The Bertz CT molecular complexity index is 1270. The second-order valence-electron chi connectivity index (χ2n) is 7.63. The summed E-state index contributed by atoms with van der Waals surface area (Å²) in [5, 5.41) is 8.62. The van der Waals surface area contributed by atoms with Gasteiger partial charge >= 0.3 is 0 Å². The molecule has 0 aliphatic heterocycles. The number of nitrogens with zero attached hydrogens (tertiary/aromatic N) is 1. The van der Waals surface area contributed by atoms with Gasteiger partial charge in [-0.05, 0) is 95.4 Å². The smallest absolute Gasteiger partial charge is 0.251 e. The van der Waals surface area contributed by atoms with Crippen molar-refractivity contribution in [1.29, 1.82) is 0 Å². The van der Waals surface area contributed by atoms with Gasteiger partial charge in [-0.2, -0.15) is 0 Å². The van der Waals surface area contributed by atoms with Crippen LogP contribution < -0.4 is 10.5 Å². The molecule has 0 radical (unpaired) electrons. The number of hydrogen-bond donors (Lipinski definition) is 2. The Kier molecular flexibility index (Phi) is 7.50. The SMILES string of the molecule is CSc1cc(C(=O)NCc2cc(-c3cccc(-c4ccc(SN)cc4)c3)ccn2)ccc1C. The van der Waals surface area contributed by atoms with E-state index in [4.69, 9.17) is 5.14 Å². The molecule has 1 heterocycles. The van der Waals surface area contributed by atoms with Crippen LogP contribution >= 0.6 is 23.7 Å². The Balaban J connectivity index is 1.49. The molecule has 3 N–H and O–H groups in total. The lowest BCUT2D eigenvalue weighted by Gasteiger charge is -2.10. The van der Waals surface area contributed by atoms with Crippen molar-refractivity contribution in [2.45, 2.75) is 23.3 Å². The predicted molar refractivity (Wildman–Crippen MR) is 139 cm³/mol. The van der Waals surface area contributed by atoms with Crippen LogP contribution in [0.3, 0.4) is 0 Å². The van der Waals surface area contributed by atoms with Gasteiger partial charge in [-0.25, -0.2) is 0 Å². The summed E-state index contributed by atoms with van der Waals surface area (Å²) < 4.78 is 0. The third-order valence-corrected chi connectivity index (χ3v) is 6.86. The van der Waals surface area contributed by atoms with E-state index in [0.29, 0.717) is 12.1 Å². The van der Waals surface area contributed by atoms with Gasteiger partial charge in [0.05, 0.1) is 12.2 Å². The molecule has 0 aliphatic carbocycles. The number of thioether (sulfide) groups is 1. The minimum atomic E-state index is -0.0985. The molecule has 166 valence electrons. The van der Waals surface area contributed by atoms with Gasteiger partial charge in [-0.15, -0.1) is 11.8 Å². The van der Waals surface area contributed by atoms with Gasteiger partial charge in [0.25, 0.3) is 5.91 Å². The maximum absolute atomic E-state index is 12.6. The molecular weight excluding hydrogens is 446 g/mol. The Morgan fingerprint density at radius 1 is 0.909 bits per heavy atom. The Hall–Kier alpha value is -3.06. The fourth-order valence-corrected chi connectivity index (χ4v) is 4.52. The van der Waals surface area contributed by atoms with E-state index in [9.17, 15) is 4.79 Å². The van der Waals surface area contributed by atoms with Crippen LogP contribution in [0.15, 0.2) is 94.9 Å². The largest absolute Gasteiger partial charge is 0.346 e. The fraction of sp³-hybridized carbons (Fsp3) is 0.111. The average Bonchev–Trinajstić information content (AvgIpc) is 2.88. The summed E-state index contributed by atoms with van der Waals surface area (Å²) in [6.45, 7) is 2.42. The number of aromatic nitrogens is 1. The first-order chi connectivity index (χ1) is 16.1. The molecule has 0 unspecified atom stereocenters. The van der Waals surface area contributed by atoms with Gasteiger partial charge in [0, 0.05) is 21.6 Å². The van der Waals surface area contributed by atoms with E-state index in [2.05, 4.69) is 46.7 Å². The van der Waals surface area contributed by atoms with Crippen molar-refractivity contribution in [2.24, 2.45) is 5.14 Å². The molecule has 0 atom stereocenters. The zero-order valence-electron chi connectivity index (χ0n) is 18.5. The van der Waals surface area contributed by atoms with Gasteiger partial charge in [0.15, 0.2) is 0 Å². The molecule has 0 saturated heterocycles. The topological polar surface area (TPSA) is 68.0 Å².